The average Bonchev–Trinajstić information content (AvgIpc) is 2.78. The van der Waals surface area contributed by atoms with Crippen molar-refractivity contribution in [3.63, 3.8) is 0 Å². The zero-order valence-electron chi connectivity index (χ0n) is 11.4. The molecule has 0 aliphatic heterocycles. The molecule has 8 nitrogen and oxygen atoms in total. The Labute approximate surface area is 116 Å². The first-order chi connectivity index (χ1) is 9.43. The van der Waals surface area contributed by atoms with Crippen LogP contribution in [0.1, 0.15) is 23.8 Å². The SMILES string of the molecule is CCOC1CC(N)C1NC(=O)c1cc([N+](=O)[O-])cn1C. The molecule has 2 rings (SSSR count). The van der Waals surface area contributed by atoms with Crippen LogP contribution < -0.4 is 11.1 Å². The van der Waals surface area contributed by atoms with Crippen LogP contribution in [0.3, 0.4) is 0 Å². The van der Waals surface area contributed by atoms with Crippen LogP contribution in [-0.2, 0) is 11.8 Å². The van der Waals surface area contributed by atoms with Gasteiger partial charge in [0.15, 0.2) is 0 Å². The van der Waals surface area contributed by atoms with Gasteiger partial charge in [-0.3, -0.25) is 14.9 Å². The highest BCUT2D eigenvalue weighted by molar-refractivity contribution is 5.93. The molecule has 1 aromatic heterocycles. The number of ether oxygens (including phenoxy) is 1. The molecule has 8 heteroatoms. The van der Waals surface area contributed by atoms with E-state index in [1.807, 2.05) is 6.92 Å². The first-order valence-electron chi connectivity index (χ1n) is 6.42. The van der Waals surface area contributed by atoms with Crippen LogP contribution in [0.2, 0.25) is 0 Å². The quantitative estimate of drug-likeness (QED) is 0.590. The standard InChI is InChI=1S/C12H18N4O4/c1-3-20-10-5-8(13)11(10)14-12(17)9-4-7(16(18)19)6-15(9)2/h4,6,8,10-11H,3,5,13H2,1-2H3,(H,14,17). The Balaban J connectivity index is 2.06. The van der Waals surface area contributed by atoms with E-state index in [1.54, 1.807) is 7.05 Å². The monoisotopic (exact) mass is 282 g/mol. The number of rotatable bonds is 5. The first kappa shape index (κ1) is 14.5. The van der Waals surface area contributed by atoms with Crippen LogP contribution in [0.25, 0.3) is 0 Å². The van der Waals surface area contributed by atoms with Crippen LogP contribution in [0.15, 0.2) is 12.3 Å². The second kappa shape index (κ2) is 5.59. The average molecular weight is 282 g/mol. The molecule has 3 atom stereocenters. The molecule has 1 fully saturated rings. The number of hydrogen-bond acceptors (Lipinski definition) is 5. The van der Waals surface area contributed by atoms with E-state index >= 15 is 0 Å². The van der Waals surface area contributed by atoms with Gasteiger partial charge in [0, 0.05) is 25.8 Å². The molecule has 1 heterocycles. The molecule has 0 radical (unpaired) electrons. The summed E-state index contributed by atoms with van der Waals surface area (Å²) in [7, 11) is 1.59. The third-order valence-electron chi connectivity index (χ3n) is 3.48. The highest BCUT2D eigenvalue weighted by Crippen LogP contribution is 2.23. The molecule has 1 saturated carbocycles. The van der Waals surface area contributed by atoms with E-state index < -0.39 is 4.92 Å². The fourth-order valence-corrected chi connectivity index (χ4v) is 2.33. The highest BCUT2D eigenvalue weighted by atomic mass is 16.6. The Hall–Kier alpha value is -1.93. The third-order valence-corrected chi connectivity index (χ3v) is 3.48. The van der Waals surface area contributed by atoms with Gasteiger partial charge in [0.05, 0.1) is 23.3 Å². The lowest BCUT2D eigenvalue weighted by Crippen LogP contribution is -2.64. The van der Waals surface area contributed by atoms with Gasteiger partial charge >= 0.3 is 0 Å². The molecular weight excluding hydrogens is 264 g/mol. The maximum absolute atomic E-state index is 12.1. The van der Waals surface area contributed by atoms with Crippen molar-refractivity contribution in [3.8, 4) is 0 Å². The summed E-state index contributed by atoms with van der Waals surface area (Å²) in [6.45, 7) is 2.43. The summed E-state index contributed by atoms with van der Waals surface area (Å²) in [5, 5.41) is 13.5. The smallest absolute Gasteiger partial charge is 0.287 e. The number of nitrogens with zero attached hydrogens (tertiary/aromatic N) is 2. The molecule has 110 valence electrons. The van der Waals surface area contributed by atoms with E-state index in [2.05, 4.69) is 5.32 Å². The predicted octanol–water partition coefficient (Wildman–Crippen LogP) is 0.168. The topological polar surface area (TPSA) is 112 Å². The van der Waals surface area contributed by atoms with E-state index in [0.29, 0.717) is 13.0 Å². The van der Waals surface area contributed by atoms with Crippen LogP contribution in [0.4, 0.5) is 5.69 Å². The Morgan fingerprint density at radius 3 is 2.90 bits per heavy atom. The summed E-state index contributed by atoms with van der Waals surface area (Å²) in [6.07, 6.45) is 1.91. The zero-order valence-corrected chi connectivity index (χ0v) is 11.4. The molecule has 3 unspecified atom stereocenters. The number of aromatic nitrogens is 1. The molecule has 0 aromatic carbocycles. The molecular formula is C12H18N4O4. The molecule has 1 aliphatic rings. The molecule has 0 spiro atoms. The van der Waals surface area contributed by atoms with Crippen molar-refractivity contribution in [2.24, 2.45) is 12.8 Å². The van der Waals surface area contributed by atoms with Crippen LogP contribution >= 0.6 is 0 Å². The van der Waals surface area contributed by atoms with E-state index in [4.69, 9.17) is 10.5 Å². The zero-order chi connectivity index (χ0) is 14.9. The number of nitrogens with two attached hydrogens (primary N) is 1. The van der Waals surface area contributed by atoms with Crippen molar-refractivity contribution in [1.29, 1.82) is 0 Å². The maximum atomic E-state index is 12.1. The molecule has 3 N–H and O–H groups in total. The summed E-state index contributed by atoms with van der Waals surface area (Å²) in [5.41, 5.74) is 5.97. The van der Waals surface area contributed by atoms with Crippen molar-refractivity contribution in [2.75, 3.05) is 6.61 Å². The Morgan fingerprint density at radius 2 is 2.40 bits per heavy atom. The third kappa shape index (κ3) is 2.66. The van der Waals surface area contributed by atoms with Gasteiger partial charge in [-0.1, -0.05) is 0 Å². The minimum atomic E-state index is -0.533. The summed E-state index contributed by atoms with van der Waals surface area (Å²) in [5.74, 6) is -0.384. The van der Waals surface area contributed by atoms with Crippen LogP contribution in [0, 0.1) is 10.1 Å². The number of carbonyl (C=O) groups is 1. The second-order valence-corrected chi connectivity index (χ2v) is 4.84. The largest absolute Gasteiger partial charge is 0.376 e. The lowest BCUT2D eigenvalue weighted by molar-refractivity contribution is -0.384. The number of nitro groups is 1. The second-order valence-electron chi connectivity index (χ2n) is 4.84. The fraction of sp³-hybridized carbons (Fsp3) is 0.583. The van der Waals surface area contributed by atoms with E-state index in [1.165, 1.54) is 16.8 Å². The van der Waals surface area contributed by atoms with Gasteiger partial charge in [-0.25, -0.2) is 0 Å². The van der Waals surface area contributed by atoms with Crippen LogP contribution in [-0.4, -0.2) is 40.2 Å². The van der Waals surface area contributed by atoms with Gasteiger partial charge in [-0.15, -0.1) is 0 Å². The predicted molar refractivity (Wildman–Crippen MR) is 71.3 cm³/mol. The molecule has 0 saturated heterocycles. The molecule has 0 bridgehead atoms. The number of nitrogens with one attached hydrogen (secondary N) is 1. The number of hydrogen-bond donors (Lipinski definition) is 2. The van der Waals surface area contributed by atoms with Gasteiger partial charge in [0.2, 0.25) is 0 Å². The van der Waals surface area contributed by atoms with Gasteiger partial charge in [-0.05, 0) is 13.3 Å². The maximum Gasteiger partial charge on any atom is 0.287 e. The normalized spacial score (nSPS) is 25.1. The molecule has 20 heavy (non-hydrogen) atoms. The number of amides is 1. The van der Waals surface area contributed by atoms with Gasteiger partial charge in [0.1, 0.15) is 5.69 Å². The van der Waals surface area contributed by atoms with Crippen molar-refractivity contribution in [1.82, 2.24) is 9.88 Å². The lowest BCUT2D eigenvalue weighted by atomic mass is 9.83. The van der Waals surface area contributed by atoms with Gasteiger partial charge < -0.3 is 20.4 Å². The fourth-order valence-electron chi connectivity index (χ4n) is 2.33. The van der Waals surface area contributed by atoms with Gasteiger partial charge in [-0.2, -0.15) is 0 Å². The van der Waals surface area contributed by atoms with Crippen molar-refractivity contribution < 1.29 is 14.5 Å². The molecule has 1 amide bonds. The lowest BCUT2D eigenvalue weighted by Gasteiger charge is -2.42. The van der Waals surface area contributed by atoms with Crippen molar-refractivity contribution in [3.05, 3.63) is 28.1 Å². The molecule has 1 aromatic rings. The van der Waals surface area contributed by atoms with E-state index in [-0.39, 0.29) is 35.5 Å². The summed E-state index contributed by atoms with van der Waals surface area (Å²) < 4.78 is 6.89. The highest BCUT2D eigenvalue weighted by Gasteiger charge is 2.40. The Kier molecular flexibility index (Phi) is 4.05. The van der Waals surface area contributed by atoms with Crippen molar-refractivity contribution in [2.45, 2.75) is 31.5 Å². The number of carbonyl (C=O) groups excluding carboxylic acids is 1. The summed E-state index contributed by atoms with van der Waals surface area (Å²) in [6, 6.07) is 0.844. The Morgan fingerprint density at radius 1 is 1.70 bits per heavy atom. The summed E-state index contributed by atoms with van der Waals surface area (Å²) in [4.78, 5) is 22.3. The van der Waals surface area contributed by atoms with E-state index in [0.717, 1.165) is 0 Å². The molecule has 1 aliphatic carbocycles. The first-order valence-corrected chi connectivity index (χ1v) is 6.42. The Bertz CT molecular complexity index is 526. The number of aryl methyl sites for hydroxylation is 1. The summed E-state index contributed by atoms with van der Waals surface area (Å²) >= 11 is 0. The van der Waals surface area contributed by atoms with Crippen molar-refractivity contribution >= 4 is 11.6 Å². The minimum absolute atomic E-state index is 0.0887. The van der Waals surface area contributed by atoms with E-state index in [9.17, 15) is 14.9 Å². The minimum Gasteiger partial charge on any atom is -0.376 e. The van der Waals surface area contributed by atoms with Gasteiger partial charge in [0.25, 0.3) is 11.6 Å². The van der Waals surface area contributed by atoms with Crippen LogP contribution in [0.5, 0.6) is 0 Å².